The van der Waals surface area contributed by atoms with Crippen LogP contribution in [0.1, 0.15) is 17.0 Å². The van der Waals surface area contributed by atoms with Crippen molar-refractivity contribution in [2.45, 2.75) is 20.8 Å². The molecule has 0 aliphatic carbocycles. The maximum atomic E-state index is 6.14. The largest absolute Gasteiger partial charge is 0.417 e. The minimum absolute atomic E-state index is 0.256. The Bertz CT molecular complexity index is 1320. The van der Waals surface area contributed by atoms with Crippen molar-refractivity contribution in [3.63, 3.8) is 0 Å². The van der Waals surface area contributed by atoms with Crippen LogP contribution in [0.25, 0.3) is 40.3 Å². The maximum absolute atomic E-state index is 6.14. The number of pyridine rings is 1. The van der Waals surface area contributed by atoms with Gasteiger partial charge < -0.3 is 8.94 Å². The number of aryl methyl sites for hydroxylation is 3. The van der Waals surface area contributed by atoms with Crippen LogP contribution < -0.4 is 0 Å². The first kappa shape index (κ1) is 18.0. The summed E-state index contributed by atoms with van der Waals surface area (Å²) >= 11 is 0. The fourth-order valence-electron chi connectivity index (χ4n) is 3.19. The average molecular weight is 398 g/mol. The molecular formula is C22H18N6O2. The summed E-state index contributed by atoms with van der Waals surface area (Å²) in [6.45, 7) is 5.91. The summed E-state index contributed by atoms with van der Waals surface area (Å²) in [5.41, 5.74) is 5.02. The molecule has 0 atom stereocenters. The Morgan fingerprint density at radius 3 is 2.30 bits per heavy atom. The monoisotopic (exact) mass is 398 g/mol. The number of aromatic nitrogens is 6. The predicted octanol–water partition coefficient (Wildman–Crippen LogP) is 4.56. The van der Waals surface area contributed by atoms with Gasteiger partial charge in [0.05, 0.1) is 5.69 Å². The summed E-state index contributed by atoms with van der Waals surface area (Å²) in [5, 5.41) is 8.63. The molecule has 8 nitrogen and oxygen atoms in total. The highest BCUT2D eigenvalue weighted by atomic mass is 16.5. The van der Waals surface area contributed by atoms with Gasteiger partial charge in [0.25, 0.3) is 11.8 Å². The van der Waals surface area contributed by atoms with E-state index in [1.54, 1.807) is 17.1 Å². The van der Waals surface area contributed by atoms with Gasteiger partial charge in [0.2, 0.25) is 11.7 Å². The van der Waals surface area contributed by atoms with E-state index in [4.69, 9.17) is 8.94 Å². The lowest BCUT2D eigenvalue weighted by atomic mass is 10.1. The Hall–Kier alpha value is -4.07. The second-order valence-electron chi connectivity index (χ2n) is 7.04. The highest BCUT2D eigenvalue weighted by molar-refractivity contribution is 5.66. The van der Waals surface area contributed by atoms with Gasteiger partial charge in [-0.1, -0.05) is 22.9 Å². The zero-order valence-corrected chi connectivity index (χ0v) is 16.7. The molecule has 30 heavy (non-hydrogen) atoms. The third-order valence-electron chi connectivity index (χ3n) is 4.68. The van der Waals surface area contributed by atoms with Crippen molar-refractivity contribution in [2.24, 2.45) is 0 Å². The normalized spacial score (nSPS) is 11.2. The van der Waals surface area contributed by atoms with Crippen molar-refractivity contribution >= 4 is 0 Å². The highest BCUT2D eigenvalue weighted by Gasteiger charge is 2.25. The van der Waals surface area contributed by atoms with Crippen molar-refractivity contribution < 1.29 is 8.94 Å². The first-order valence-electron chi connectivity index (χ1n) is 9.44. The lowest BCUT2D eigenvalue weighted by Gasteiger charge is -2.00. The first-order chi connectivity index (χ1) is 14.6. The van der Waals surface area contributed by atoms with E-state index in [0.717, 1.165) is 28.1 Å². The zero-order chi connectivity index (χ0) is 20.7. The Morgan fingerprint density at radius 2 is 1.60 bits per heavy atom. The van der Waals surface area contributed by atoms with Crippen LogP contribution >= 0.6 is 0 Å². The Morgan fingerprint density at radius 1 is 0.833 bits per heavy atom. The average Bonchev–Trinajstić information content (AvgIpc) is 3.47. The minimum Gasteiger partial charge on any atom is -0.417 e. The van der Waals surface area contributed by atoms with E-state index >= 15 is 0 Å². The Labute approximate surface area is 172 Å². The fourth-order valence-corrected chi connectivity index (χ4v) is 3.19. The second kappa shape index (κ2) is 7.07. The van der Waals surface area contributed by atoms with E-state index in [1.165, 1.54) is 0 Å². The van der Waals surface area contributed by atoms with Gasteiger partial charge in [-0.2, -0.15) is 10.1 Å². The van der Waals surface area contributed by atoms with Crippen LogP contribution in [0.4, 0.5) is 0 Å². The molecule has 0 radical (unpaired) electrons. The quantitative estimate of drug-likeness (QED) is 0.438. The van der Waals surface area contributed by atoms with Crippen molar-refractivity contribution in [3.05, 3.63) is 71.8 Å². The molecule has 1 aromatic carbocycles. The molecule has 0 N–H and O–H groups in total. The summed E-state index contributed by atoms with van der Waals surface area (Å²) in [6, 6.07) is 13.5. The van der Waals surface area contributed by atoms with E-state index in [9.17, 15) is 0 Å². The van der Waals surface area contributed by atoms with Crippen LogP contribution in [-0.2, 0) is 0 Å². The molecule has 148 valence electrons. The van der Waals surface area contributed by atoms with Crippen molar-refractivity contribution in [1.29, 1.82) is 0 Å². The molecule has 0 aliphatic rings. The SMILES string of the molecule is Cc1ccc(-c2nc(-c3nc(-c4ccncc4)no3)c(-n3nc(C)cc3C)o2)cc1. The number of benzene rings is 1. The molecule has 8 heteroatoms. The summed E-state index contributed by atoms with van der Waals surface area (Å²) in [5.74, 6) is 1.59. The summed E-state index contributed by atoms with van der Waals surface area (Å²) in [7, 11) is 0. The Balaban J connectivity index is 1.66. The van der Waals surface area contributed by atoms with Gasteiger partial charge in [-0.25, -0.2) is 9.67 Å². The molecule has 5 aromatic rings. The molecule has 0 unspecified atom stereocenters. The number of hydrogen-bond acceptors (Lipinski definition) is 7. The van der Waals surface area contributed by atoms with E-state index < -0.39 is 0 Å². The zero-order valence-electron chi connectivity index (χ0n) is 16.7. The van der Waals surface area contributed by atoms with Crippen LogP contribution in [0.3, 0.4) is 0 Å². The van der Waals surface area contributed by atoms with E-state index in [0.29, 0.717) is 23.3 Å². The number of nitrogens with zero attached hydrogens (tertiary/aromatic N) is 6. The summed E-state index contributed by atoms with van der Waals surface area (Å²) in [6.07, 6.45) is 3.36. The Kier molecular flexibility index (Phi) is 4.24. The minimum atomic E-state index is 0.256. The highest BCUT2D eigenvalue weighted by Crippen LogP contribution is 2.32. The lowest BCUT2D eigenvalue weighted by molar-refractivity contribution is 0.430. The molecule has 0 saturated carbocycles. The number of hydrogen-bond donors (Lipinski definition) is 0. The maximum Gasteiger partial charge on any atom is 0.282 e. The van der Waals surface area contributed by atoms with Gasteiger partial charge in [-0.05, 0) is 51.1 Å². The van der Waals surface area contributed by atoms with Gasteiger partial charge in [-0.15, -0.1) is 0 Å². The molecule has 0 spiro atoms. The van der Waals surface area contributed by atoms with Crippen LogP contribution in [0.2, 0.25) is 0 Å². The molecule has 5 rings (SSSR count). The smallest absolute Gasteiger partial charge is 0.282 e. The molecular weight excluding hydrogens is 380 g/mol. The van der Waals surface area contributed by atoms with Crippen LogP contribution in [-0.4, -0.2) is 29.9 Å². The molecule has 4 heterocycles. The van der Waals surface area contributed by atoms with Crippen LogP contribution in [0.15, 0.2) is 63.8 Å². The fraction of sp³-hybridized carbons (Fsp3) is 0.136. The third-order valence-corrected chi connectivity index (χ3v) is 4.68. The van der Waals surface area contributed by atoms with Gasteiger partial charge in [0.1, 0.15) is 0 Å². The van der Waals surface area contributed by atoms with Crippen LogP contribution in [0.5, 0.6) is 0 Å². The molecule has 0 fully saturated rings. The van der Waals surface area contributed by atoms with Crippen LogP contribution in [0, 0.1) is 20.8 Å². The van der Waals surface area contributed by atoms with Crippen molar-refractivity contribution in [3.8, 4) is 40.3 Å². The molecule has 0 amide bonds. The van der Waals surface area contributed by atoms with E-state index in [-0.39, 0.29) is 5.89 Å². The van der Waals surface area contributed by atoms with Gasteiger partial charge in [0.15, 0.2) is 5.69 Å². The number of rotatable bonds is 4. The predicted molar refractivity (Wildman–Crippen MR) is 110 cm³/mol. The molecule has 0 saturated heterocycles. The molecule has 0 aliphatic heterocycles. The van der Waals surface area contributed by atoms with E-state index in [2.05, 4.69) is 25.2 Å². The third kappa shape index (κ3) is 3.18. The van der Waals surface area contributed by atoms with Crippen molar-refractivity contribution in [2.75, 3.05) is 0 Å². The first-order valence-corrected chi connectivity index (χ1v) is 9.44. The number of oxazole rings is 1. The topological polar surface area (TPSA) is 95.7 Å². The summed E-state index contributed by atoms with van der Waals surface area (Å²) in [4.78, 5) is 13.2. The van der Waals surface area contributed by atoms with Gasteiger partial charge in [0, 0.05) is 29.2 Å². The standard InChI is InChI=1S/C22H18N6O2/c1-13-4-6-17(7-5-13)20-24-18(22(29-20)28-15(3)12-14(2)26-28)21-25-19(27-30-21)16-8-10-23-11-9-16/h4-12H,1-3H3. The van der Waals surface area contributed by atoms with Gasteiger partial charge >= 0.3 is 0 Å². The molecule has 4 aromatic heterocycles. The van der Waals surface area contributed by atoms with Crippen molar-refractivity contribution in [1.82, 2.24) is 29.9 Å². The lowest BCUT2D eigenvalue weighted by Crippen LogP contribution is -1.99. The van der Waals surface area contributed by atoms with E-state index in [1.807, 2.05) is 63.2 Å². The van der Waals surface area contributed by atoms with Gasteiger partial charge in [-0.3, -0.25) is 4.98 Å². The summed E-state index contributed by atoms with van der Waals surface area (Å²) < 4.78 is 13.4. The second-order valence-corrected chi connectivity index (χ2v) is 7.04. The molecule has 0 bridgehead atoms.